The van der Waals surface area contributed by atoms with Crippen molar-refractivity contribution in [3.63, 3.8) is 0 Å². The molecule has 0 saturated carbocycles. The van der Waals surface area contributed by atoms with Crippen LogP contribution in [0.5, 0.6) is 17.2 Å². The van der Waals surface area contributed by atoms with E-state index in [1.165, 1.54) is 21.3 Å². The first-order valence-corrected chi connectivity index (χ1v) is 11.3. The van der Waals surface area contributed by atoms with E-state index in [0.29, 0.717) is 39.2 Å². The minimum absolute atomic E-state index is 0.382. The molecule has 0 unspecified atom stereocenters. The fraction of sp³-hybridized carbons (Fsp3) is 0.231. The molecular formula is C26H23ClN2O6. The Morgan fingerprint density at radius 2 is 1.51 bits per heavy atom. The molecule has 5 rings (SSSR count). The molecule has 9 heteroatoms. The molecule has 0 spiro atoms. The highest BCUT2D eigenvalue weighted by molar-refractivity contribution is 6.31. The number of anilines is 2. The van der Waals surface area contributed by atoms with E-state index in [9.17, 15) is 9.59 Å². The van der Waals surface area contributed by atoms with Gasteiger partial charge in [0.2, 0.25) is 11.7 Å². The lowest BCUT2D eigenvalue weighted by molar-refractivity contribution is -0.126. The first-order valence-electron chi connectivity index (χ1n) is 10.9. The van der Waals surface area contributed by atoms with E-state index >= 15 is 0 Å². The van der Waals surface area contributed by atoms with Gasteiger partial charge < -0.3 is 14.2 Å². The van der Waals surface area contributed by atoms with Gasteiger partial charge in [0.15, 0.2) is 17.6 Å². The minimum Gasteiger partial charge on any atom is -0.493 e. The normalized spacial score (nSPS) is 21.3. The zero-order valence-electron chi connectivity index (χ0n) is 19.3. The van der Waals surface area contributed by atoms with Crippen LogP contribution in [0, 0.1) is 5.92 Å². The van der Waals surface area contributed by atoms with Crippen LogP contribution in [0.1, 0.15) is 11.6 Å². The Bertz CT molecular complexity index is 1280. The minimum atomic E-state index is -1.02. The molecule has 0 aromatic heterocycles. The average molecular weight is 495 g/mol. The summed E-state index contributed by atoms with van der Waals surface area (Å²) in [6.45, 7) is 0. The topological polar surface area (TPSA) is 77.5 Å². The first-order chi connectivity index (χ1) is 17.0. The van der Waals surface area contributed by atoms with E-state index in [-0.39, 0.29) is 5.91 Å². The molecule has 3 aromatic rings. The van der Waals surface area contributed by atoms with Gasteiger partial charge in [-0.25, -0.2) is 9.96 Å². The van der Waals surface area contributed by atoms with Gasteiger partial charge in [0, 0.05) is 10.6 Å². The number of amides is 2. The SMILES string of the molecule is COc1ccc([C@@H]2[C@@H]3C(=O)N(c4cccc(Cl)c4)C(=O)[C@@H]3ON2c2ccccc2)c(OC)c1OC. The number of ether oxygens (including phenoxy) is 3. The Morgan fingerprint density at radius 1 is 0.800 bits per heavy atom. The molecule has 0 bridgehead atoms. The van der Waals surface area contributed by atoms with Crippen LogP contribution in [0.2, 0.25) is 5.02 Å². The summed E-state index contributed by atoms with van der Waals surface area (Å²) in [6.07, 6.45) is -1.02. The third-order valence-corrected chi connectivity index (χ3v) is 6.48. The van der Waals surface area contributed by atoms with Crippen molar-refractivity contribution in [3.05, 3.63) is 77.3 Å². The van der Waals surface area contributed by atoms with E-state index in [2.05, 4.69) is 0 Å². The molecule has 2 fully saturated rings. The number of halogens is 1. The molecule has 35 heavy (non-hydrogen) atoms. The number of nitrogens with zero attached hydrogens (tertiary/aromatic N) is 2. The van der Waals surface area contributed by atoms with Crippen molar-refractivity contribution in [2.45, 2.75) is 12.1 Å². The summed E-state index contributed by atoms with van der Waals surface area (Å²) in [5, 5.41) is 2.02. The number of benzene rings is 3. The van der Waals surface area contributed by atoms with Crippen LogP contribution in [0.3, 0.4) is 0 Å². The van der Waals surface area contributed by atoms with Gasteiger partial charge in [-0.3, -0.25) is 14.4 Å². The number of para-hydroxylation sites is 1. The predicted molar refractivity (Wildman–Crippen MR) is 130 cm³/mol. The maximum absolute atomic E-state index is 13.8. The molecule has 0 radical (unpaired) electrons. The Balaban J connectivity index is 1.66. The van der Waals surface area contributed by atoms with Gasteiger partial charge in [-0.1, -0.05) is 35.9 Å². The number of carbonyl (C=O) groups excluding carboxylic acids is 2. The average Bonchev–Trinajstić information content (AvgIpc) is 3.39. The van der Waals surface area contributed by atoms with Crippen LogP contribution in [0.15, 0.2) is 66.7 Å². The molecule has 8 nitrogen and oxygen atoms in total. The molecule has 3 atom stereocenters. The van der Waals surface area contributed by atoms with Crippen LogP contribution in [-0.4, -0.2) is 39.2 Å². The zero-order chi connectivity index (χ0) is 24.7. The Labute approximate surface area is 207 Å². The summed E-state index contributed by atoms with van der Waals surface area (Å²) < 4.78 is 16.7. The number of rotatable bonds is 6. The van der Waals surface area contributed by atoms with Gasteiger partial charge >= 0.3 is 0 Å². The summed E-state index contributed by atoms with van der Waals surface area (Å²) in [7, 11) is 4.56. The van der Waals surface area contributed by atoms with Crippen molar-refractivity contribution in [1.29, 1.82) is 0 Å². The fourth-order valence-corrected chi connectivity index (χ4v) is 4.94. The van der Waals surface area contributed by atoms with Gasteiger partial charge in [0.1, 0.15) is 12.0 Å². The number of methoxy groups -OCH3 is 3. The van der Waals surface area contributed by atoms with Crippen LogP contribution >= 0.6 is 11.6 Å². The lowest BCUT2D eigenvalue weighted by Gasteiger charge is -2.30. The molecule has 2 heterocycles. The number of carbonyl (C=O) groups is 2. The lowest BCUT2D eigenvalue weighted by atomic mass is 9.89. The molecule has 0 N–H and O–H groups in total. The molecule has 180 valence electrons. The van der Waals surface area contributed by atoms with Crippen LogP contribution in [0.4, 0.5) is 11.4 Å². The molecule has 2 aliphatic rings. The quantitative estimate of drug-likeness (QED) is 0.469. The van der Waals surface area contributed by atoms with Crippen molar-refractivity contribution < 1.29 is 28.6 Å². The monoisotopic (exact) mass is 494 g/mol. The highest BCUT2D eigenvalue weighted by Gasteiger charge is 2.61. The maximum atomic E-state index is 13.8. The predicted octanol–water partition coefficient (Wildman–Crippen LogP) is 4.42. The Morgan fingerprint density at radius 3 is 2.17 bits per heavy atom. The van der Waals surface area contributed by atoms with Crippen molar-refractivity contribution >= 4 is 34.8 Å². The van der Waals surface area contributed by atoms with Gasteiger partial charge in [0.25, 0.3) is 5.91 Å². The van der Waals surface area contributed by atoms with E-state index in [1.54, 1.807) is 41.5 Å². The number of hydroxylamine groups is 1. The van der Waals surface area contributed by atoms with Crippen molar-refractivity contribution in [2.24, 2.45) is 5.92 Å². The number of fused-ring (bicyclic) bond motifs is 1. The Kier molecular flexibility index (Phi) is 6.00. The van der Waals surface area contributed by atoms with E-state index in [4.69, 9.17) is 30.6 Å². The largest absolute Gasteiger partial charge is 0.493 e. The third kappa shape index (κ3) is 3.66. The molecular weight excluding hydrogens is 472 g/mol. The summed E-state index contributed by atoms with van der Waals surface area (Å²) in [4.78, 5) is 34.6. The second kappa shape index (κ2) is 9.13. The standard InChI is InChI=1S/C26H23ClN2O6/c1-32-19-13-12-18(22(33-2)23(19)34-3)21-20-24(35-29(21)16-9-5-4-6-10-16)26(31)28(25(20)30)17-11-7-8-15(27)14-17/h4-14,20-21,24H,1-3H3/t20-,21+,24+/m0/s1. The maximum Gasteiger partial charge on any atom is 0.266 e. The summed E-state index contributed by atoms with van der Waals surface area (Å²) in [5.41, 5.74) is 1.71. The number of imide groups is 1. The third-order valence-electron chi connectivity index (χ3n) is 6.25. The van der Waals surface area contributed by atoms with Crippen molar-refractivity contribution in [1.82, 2.24) is 0 Å². The smallest absolute Gasteiger partial charge is 0.266 e. The van der Waals surface area contributed by atoms with Crippen molar-refractivity contribution in [2.75, 3.05) is 31.3 Å². The second-order valence-corrected chi connectivity index (χ2v) is 8.51. The van der Waals surface area contributed by atoms with E-state index in [1.807, 2.05) is 30.3 Å². The van der Waals surface area contributed by atoms with Crippen LogP contribution in [0.25, 0.3) is 0 Å². The summed E-state index contributed by atoms with van der Waals surface area (Å²) in [6, 6.07) is 18.8. The van der Waals surface area contributed by atoms with Gasteiger partial charge in [-0.15, -0.1) is 0 Å². The molecule has 0 aliphatic carbocycles. The molecule has 3 aromatic carbocycles. The van der Waals surface area contributed by atoms with Crippen LogP contribution in [-0.2, 0) is 14.4 Å². The molecule has 2 amide bonds. The number of hydrogen-bond donors (Lipinski definition) is 0. The van der Waals surface area contributed by atoms with Gasteiger partial charge in [-0.2, -0.15) is 0 Å². The number of hydrogen-bond acceptors (Lipinski definition) is 7. The summed E-state index contributed by atoms with van der Waals surface area (Å²) >= 11 is 6.14. The van der Waals surface area contributed by atoms with Gasteiger partial charge in [0.05, 0.1) is 32.7 Å². The summed E-state index contributed by atoms with van der Waals surface area (Å²) in [5.74, 6) is -0.429. The first kappa shape index (κ1) is 23.0. The lowest BCUT2D eigenvalue weighted by Crippen LogP contribution is -2.37. The second-order valence-electron chi connectivity index (χ2n) is 8.07. The zero-order valence-corrected chi connectivity index (χ0v) is 20.1. The highest BCUT2D eigenvalue weighted by Crippen LogP contribution is 2.52. The van der Waals surface area contributed by atoms with Crippen molar-refractivity contribution in [3.8, 4) is 17.2 Å². The Hall–Kier alpha value is -3.75. The van der Waals surface area contributed by atoms with E-state index in [0.717, 1.165) is 4.90 Å². The van der Waals surface area contributed by atoms with E-state index < -0.39 is 24.0 Å². The highest BCUT2D eigenvalue weighted by atomic mass is 35.5. The molecule has 2 saturated heterocycles. The molecule has 2 aliphatic heterocycles. The van der Waals surface area contributed by atoms with Crippen LogP contribution < -0.4 is 24.2 Å². The fourth-order valence-electron chi connectivity index (χ4n) is 4.76. The van der Waals surface area contributed by atoms with Gasteiger partial charge in [-0.05, 0) is 42.5 Å².